The Kier molecular flexibility index (Phi) is 4.50. The fourth-order valence-electron chi connectivity index (χ4n) is 3.88. The molecule has 0 amide bonds. The van der Waals surface area contributed by atoms with Crippen LogP contribution < -0.4 is 10.6 Å². The summed E-state index contributed by atoms with van der Waals surface area (Å²) in [6.45, 7) is 0.941. The van der Waals surface area contributed by atoms with Gasteiger partial charge >= 0.3 is 0 Å². The molecule has 114 valence electrons. The molecule has 5 heteroatoms. The van der Waals surface area contributed by atoms with Crippen LogP contribution in [0.5, 0.6) is 0 Å². The molecule has 0 bridgehead atoms. The first-order chi connectivity index (χ1) is 10.1. The monoisotopic (exact) mass is 370 g/mol. The van der Waals surface area contributed by atoms with Crippen molar-refractivity contribution in [3.63, 3.8) is 0 Å². The van der Waals surface area contributed by atoms with Gasteiger partial charge in [-0.25, -0.2) is 4.39 Å². The first kappa shape index (κ1) is 15.2. The maximum Gasteiger partial charge on any atom is 0.161 e. The number of hydrogen-bond acceptors (Lipinski definition) is 2. The highest BCUT2D eigenvalue weighted by Gasteiger charge is 2.34. The van der Waals surface area contributed by atoms with Gasteiger partial charge in [-0.15, -0.1) is 0 Å². The van der Waals surface area contributed by atoms with Crippen LogP contribution in [-0.2, 0) is 0 Å². The summed E-state index contributed by atoms with van der Waals surface area (Å²) in [5, 5.41) is 0. The Morgan fingerprint density at radius 3 is 2.62 bits per heavy atom. The van der Waals surface area contributed by atoms with Gasteiger partial charge in [0.15, 0.2) is 5.82 Å². The zero-order valence-corrected chi connectivity index (χ0v) is 14.4. The molecule has 2 N–H and O–H groups in total. The van der Waals surface area contributed by atoms with Gasteiger partial charge in [-0.05, 0) is 59.7 Å². The van der Waals surface area contributed by atoms with Crippen LogP contribution in [0.2, 0.25) is 0 Å². The Hall–Kier alpha value is -0.680. The molecule has 1 heterocycles. The average molecular weight is 371 g/mol. The van der Waals surface area contributed by atoms with Crippen LogP contribution in [0.1, 0.15) is 44.1 Å². The van der Waals surface area contributed by atoms with Gasteiger partial charge in [0.2, 0.25) is 0 Å². The van der Waals surface area contributed by atoms with Crippen LogP contribution >= 0.6 is 28.1 Å². The van der Waals surface area contributed by atoms with Crippen molar-refractivity contribution in [1.82, 2.24) is 0 Å². The van der Waals surface area contributed by atoms with Crippen LogP contribution in [-0.4, -0.2) is 17.6 Å². The van der Waals surface area contributed by atoms with Crippen molar-refractivity contribution in [2.75, 3.05) is 11.4 Å². The second-order valence-electron chi connectivity index (χ2n) is 6.07. The summed E-state index contributed by atoms with van der Waals surface area (Å²) in [5.41, 5.74) is 6.90. The van der Waals surface area contributed by atoms with Crippen LogP contribution in [0, 0.1) is 11.7 Å². The van der Waals surface area contributed by atoms with Crippen molar-refractivity contribution < 1.29 is 4.39 Å². The fourth-order valence-corrected chi connectivity index (χ4v) is 4.73. The lowest BCUT2D eigenvalue weighted by Crippen LogP contribution is -2.35. The van der Waals surface area contributed by atoms with E-state index in [0.717, 1.165) is 18.9 Å². The number of nitrogens with zero attached hydrogens (tertiary/aromatic N) is 1. The van der Waals surface area contributed by atoms with E-state index in [0.29, 0.717) is 21.8 Å². The standard InChI is InChI=1S/C16H20BrFN2S/c17-14-11(16(19)21)7-8-13(15(14)18)20-9-3-6-12(20)10-4-1-2-5-10/h7-8,10,12H,1-6,9H2,(H2,19,21). The molecule has 1 unspecified atom stereocenters. The molecule has 2 nitrogen and oxygen atoms in total. The molecular weight excluding hydrogens is 351 g/mol. The maximum absolute atomic E-state index is 14.7. The zero-order valence-electron chi connectivity index (χ0n) is 11.9. The number of benzene rings is 1. The van der Waals surface area contributed by atoms with E-state index in [1.54, 1.807) is 0 Å². The Morgan fingerprint density at radius 1 is 1.24 bits per heavy atom. The van der Waals surface area contributed by atoms with Crippen molar-refractivity contribution in [2.45, 2.75) is 44.6 Å². The summed E-state index contributed by atoms with van der Waals surface area (Å²) in [5.74, 6) is 0.492. The van der Waals surface area contributed by atoms with E-state index in [1.165, 1.54) is 32.1 Å². The Balaban J connectivity index is 1.92. The molecule has 1 aromatic rings. The second-order valence-corrected chi connectivity index (χ2v) is 7.30. The lowest BCUT2D eigenvalue weighted by Gasteiger charge is -2.32. The molecule has 0 spiro atoms. The van der Waals surface area contributed by atoms with E-state index in [4.69, 9.17) is 18.0 Å². The summed E-state index contributed by atoms with van der Waals surface area (Å²) >= 11 is 8.28. The third kappa shape index (κ3) is 2.82. The van der Waals surface area contributed by atoms with Gasteiger partial charge in [0.1, 0.15) is 4.99 Å². The highest BCUT2D eigenvalue weighted by atomic mass is 79.9. The van der Waals surface area contributed by atoms with Gasteiger partial charge in [-0.3, -0.25) is 0 Å². The Bertz CT molecular complexity index is 557. The number of anilines is 1. The number of thiocarbonyl (C=S) groups is 1. The summed E-state index contributed by atoms with van der Waals surface area (Å²) < 4.78 is 15.1. The van der Waals surface area contributed by atoms with Crippen LogP contribution in [0.25, 0.3) is 0 Å². The van der Waals surface area contributed by atoms with Crippen molar-refractivity contribution in [3.8, 4) is 0 Å². The third-order valence-corrected chi connectivity index (χ3v) is 5.88. The molecule has 1 atom stereocenters. The normalized spacial score (nSPS) is 23.0. The number of hydrogen-bond donors (Lipinski definition) is 1. The largest absolute Gasteiger partial charge is 0.389 e. The molecule has 1 saturated carbocycles. The van der Waals surface area contributed by atoms with Crippen molar-refractivity contribution in [3.05, 3.63) is 28.0 Å². The molecule has 1 aliphatic heterocycles. The minimum atomic E-state index is -0.231. The lowest BCUT2D eigenvalue weighted by molar-refractivity contribution is 0.427. The lowest BCUT2D eigenvalue weighted by atomic mass is 9.95. The van der Waals surface area contributed by atoms with Gasteiger partial charge in [-0.2, -0.15) is 0 Å². The first-order valence-electron chi connectivity index (χ1n) is 7.64. The van der Waals surface area contributed by atoms with Crippen molar-refractivity contribution in [2.24, 2.45) is 11.7 Å². The molecule has 0 aromatic heterocycles. The van der Waals surface area contributed by atoms with E-state index in [9.17, 15) is 4.39 Å². The minimum absolute atomic E-state index is 0.223. The molecule has 2 aliphatic rings. The maximum atomic E-state index is 14.7. The molecule has 1 aromatic carbocycles. The van der Waals surface area contributed by atoms with E-state index in [1.807, 2.05) is 12.1 Å². The van der Waals surface area contributed by atoms with E-state index >= 15 is 0 Å². The SMILES string of the molecule is NC(=S)c1ccc(N2CCCC2C2CCCC2)c(F)c1Br. The molecule has 1 saturated heterocycles. The van der Waals surface area contributed by atoms with Gasteiger partial charge in [0, 0.05) is 18.2 Å². The molecule has 0 radical (unpaired) electrons. The van der Waals surface area contributed by atoms with Gasteiger partial charge < -0.3 is 10.6 Å². The quantitative estimate of drug-likeness (QED) is 0.800. The smallest absolute Gasteiger partial charge is 0.161 e. The van der Waals surface area contributed by atoms with E-state index in [-0.39, 0.29) is 10.8 Å². The predicted octanol–water partition coefficient (Wildman–Crippen LogP) is 4.38. The van der Waals surface area contributed by atoms with Gasteiger partial charge in [0.25, 0.3) is 0 Å². The molecule has 1 aliphatic carbocycles. The molecular formula is C16H20BrFN2S. The van der Waals surface area contributed by atoms with Gasteiger partial charge in [-0.1, -0.05) is 25.1 Å². The van der Waals surface area contributed by atoms with Crippen LogP contribution in [0.15, 0.2) is 16.6 Å². The molecule has 2 fully saturated rings. The summed E-state index contributed by atoms with van der Waals surface area (Å²) in [6, 6.07) is 4.15. The van der Waals surface area contributed by atoms with Gasteiger partial charge in [0.05, 0.1) is 10.2 Å². The Labute approximate surface area is 139 Å². The number of halogens is 2. The summed E-state index contributed by atoms with van der Waals surface area (Å²) in [6.07, 6.45) is 7.54. The number of rotatable bonds is 3. The average Bonchev–Trinajstić information content (AvgIpc) is 3.10. The van der Waals surface area contributed by atoms with E-state index in [2.05, 4.69) is 20.8 Å². The first-order valence-corrected chi connectivity index (χ1v) is 8.84. The van der Waals surface area contributed by atoms with E-state index < -0.39 is 0 Å². The number of nitrogens with two attached hydrogens (primary N) is 1. The summed E-state index contributed by atoms with van der Waals surface area (Å²) in [7, 11) is 0. The van der Waals surface area contributed by atoms with Crippen molar-refractivity contribution in [1.29, 1.82) is 0 Å². The summed E-state index contributed by atoms with van der Waals surface area (Å²) in [4.78, 5) is 2.49. The molecule has 3 rings (SSSR count). The highest BCUT2D eigenvalue weighted by Crippen LogP contribution is 2.40. The topological polar surface area (TPSA) is 29.3 Å². The Morgan fingerprint density at radius 2 is 1.95 bits per heavy atom. The highest BCUT2D eigenvalue weighted by molar-refractivity contribution is 9.10. The van der Waals surface area contributed by atoms with Crippen LogP contribution in [0.3, 0.4) is 0 Å². The predicted molar refractivity (Wildman–Crippen MR) is 92.3 cm³/mol. The fraction of sp³-hybridized carbons (Fsp3) is 0.562. The van der Waals surface area contributed by atoms with Crippen LogP contribution in [0.4, 0.5) is 10.1 Å². The zero-order chi connectivity index (χ0) is 15.0. The third-order valence-electron chi connectivity index (χ3n) is 4.88. The minimum Gasteiger partial charge on any atom is -0.389 e. The molecule has 21 heavy (non-hydrogen) atoms. The van der Waals surface area contributed by atoms with Crippen molar-refractivity contribution >= 4 is 38.8 Å². The second kappa shape index (κ2) is 6.21.